The van der Waals surface area contributed by atoms with Crippen LogP contribution in [-0.2, 0) is 0 Å². The second kappa shape index (κ2) is 2.19. The molecule has 0 aromatic carbocycles. The zero-order valence-electron chi connectivity index (χ0n) is 7.38. The van der Waals surface area contributed by atoms with Crippen LogP contribution in [0, 0.1) is 11.3 Å². The van der Waals surface area contributed by atoms with Crippen molar-refractivity contribution in [2.75, 3.05) is 33.2 Å². The van der Waals surface area contributed by atoms with Crippen LogP contribution in [0.15, 0.2) is 0 Å². The van der Waals surface area contributed by atoms with E-state index >= 15 is 0 Å². The zero-order chi connectivity index (χ0) is 8.06. The summed E-state index contributed by atoms with van der Waals surface area (Å²) in [5.41, 5.74) is 0.476. The summed E-state index contributed by atoms with van der Waals surface area (Å²) in [6, 6.07) is 0. The first-order chi connectivity index (χ1) is 5.10. The molecule has 0 amide bonds. The Hall–Kier alpha value is -0.120. The molecule has 3 nitrogen and oxygen atoms in total. The van der Waals surface area contributed by atoms with Crippen LogP contribution >= 0.6 is 0 Å². The molecule has 2 heterocycles. The molecule has 11 heavy (non-hydrogen) atoms. The van der Waals surface area contributed by atoms with Crippen LogP contribution in [0.1, 0.15) is 6.92 Å². The van der Waals surface area contributed by atoms with Gasteiger partial charge in [-0.25, -0.2) is 5.01 Å². The minimum absolute atomic E-state index is 0.476. The van der Waals surface area contributed by atoms with E-state index in [9.17, 15) is 0 Å². The number of hydrazine groups is 1. The number of fused-ring (bicyclic) bond motifs is 1. The average molecular weight is 155 g/mol. The highest BCUT2D eigenvalue weighted by atomic mass is 15.4. The molecular weight excluding hydrogens is 138 g/mol. The quantitative estimate of drug-likeness (QED) is 0.489. The van der Waals surface area contributed by atoms with E-state index in [2.05, 4.69) is 18.9 Å². The molecule has 0 spiro atoms. The van der Waals surface area contributed by atoms with E-state index in [0.29, 0.717) is 5.41 Å². The summed E-state index contributed by atoms with van der Waals surface area (Å²) in [6.45, 7) is 6.95. The molecule has 2 aliphatic rings. The number of hydrogen-bond acceptors (Lipinski definition) is 3. The van der Waals surface area contributed by atoms with E-state index in [-0.39, 0.29) is 0 Å². The van der Waals surface area contributed by atoms with E-state index in [1.54, 1.807) is 0 Å². The van der Waals surface area contributed by atoms with Gasteiger partial charge in [0, 0.05) is 26.2 Å². The van der Waals surface area contributed by atoms with Crippen molar-refractivity contribution in [2.45, 2.75) is 6.92 Å². The summed E-state index contributed by atoms with van der Waals surface area (Å²) in [4.78, 5) is 2.41. The topological polar surface area (TPSA) is 32.5 Å². The first-order valence-corrected chi connectivity index (χ1v) is 4.28. The van der Waals surface area contributed by atoms with E-state index in [4.69, 9.17) is 5.84 Å². The van der Waals surface area contributed by atoms with Crippen LogP contribution in [0.3, 0.4) is 0 Å². The maximum absolute atomic E-state index is 5.77. The Morgan fingerprint density at radius 2 is 2.09 bits per heavy atom. The molecule has 2 rings (SSSR count). The van der Waals surface area contributed by atoms with Gasteiger partial charge in [0.2, 0.25) is 0 Å². The molecule has 2 saturated heterocycles. The third-order valence-corrected chi connectivity index (χ3v) is 3.17. The van der Waals surface area contributed by atoms with Gasteiger partial charge in [-0.05, 0) is 18.4 Å². The smallest absolute Gasteiger partial charge is 0.0198 e. The lowest BCUT2D eigenvalue weighted by Gasteiger charge is -2.21. The van der Waals surface area contributed by atoms with Crippen LogP contribution in [0.2, 0.25) is 0 Å². The third kappa shape index (κ3) is 1.08. The maximum Gasteiger partial charge on any atom is 0.0198 e. The first kappa shape index (κ1) is 7.53. The first-order valence-electron chi connectivity index (χ1n) is 4.28. The zero-order valence-corrected chi connectivity index (χ0v) is 7.38. The lowest BCUT2D eigenvalue weighted by Crippen LogP contribution is -2.34. The number of likely N-dealkylation sites (tertiary alicyclic amines) is 1. The largest absolute Gasteiger partial charge is 0.305 e. The monoisotopic (exact) mass is 155 g/mol. The molecule has 2 fully saturated rings. The molecule has 3 heteroatoms. The van der Waals surface area contributed by atoms with Crippen molar-refractivity contribution in [2.24, 2.45) is 17.2 Å². The molecule has 2 atom stereocenters. The molecule has 0 unspecified atom stereocenters. The van der Waals surface area contributed by atoms with Gasteiger partial charge in [0.15, 0.2) is 0 Å². The molecule has 0 saturated carbocycles. The fraction of sp³-hybridized carbons (Fsp3) is 1.00. The van der Waals surface area contributed by atoms with Gasteiger partial charge in [-0.2, -0.15) is 0 Å². The highest BCUT2D eigenvalue weighted by Gasteiger charge is 2.47. The Morgan fingerprint density at radius 1 is 1.36 bits per heavy atom. The van der Waals surface area contributed by atoms with Crippen molar-refractivity contribution < 1.29 is 0 Å². The summed E-state index contributed by atoms with van der Waals surface area (Å²) >= 11 is 0. The maximum atomic E-state index is 5.77. The Labute approximate surface area is 68.1 Å². The molecule has 0 bridgehead atoms. The van der Waals surface area contributed by atoms with E-state index < -0.39 is 0 Å². The van der Waals surface area contributed by atoms with Crippen molar-refractivity contribution in [3.8, 4) is 0 Å². The minimum Gasteiger partial charge on any atom is -0.305 e. The lowest BCUT2D eigenvalue weighted by atomic mass is 9.83. The van der Waals surface area contributed by atoms with Gasteiger partial charge >= 0.3 is 0 Å². The van der Waals surface area contributed by atoms with Gasteiger partial charge in [-0.3, -0.25) is 5.84 Å². The van der Waals surface area contributed by atoms with Crippen LogP contribution < -0.4 is 5.84 Å². The Balaban J connectivity index is 2.13. The summed E-state index contributed by atoms with van der Waals surface area (Å²) in [5.74, 6) is 6.57. The van der Waals surface area contributed by atoms with Crippen molar-refractivity contribution in [1.29, 1.82) is 0 Å². The molecule has 2 aliphatic heterocycles. The number of rotatable bonds is 0. The number of nitrogens with two attached hydrogens (primary N) is 1. The molecule has 0 radical (unpaired) electrons. The minimum atomic E-state index is 0.476. The van der Waals surface area contributed by atoms with Crippen molar-refractivity contribution in [3.05, 3.63) is 0 Å². The summed E-state index contributed by atoms with van der Waals surface area (Å²) in [6.07, 6.45) is 0. The van der Waals surface area contributed by atoms with E-state index in [0.717, 1.165) is 19.0 Å². The summed E-state index contributed by atoms with van der Waals surface area (Å²) in [7, 11) is 2.20. The second-order valence-corrected chi connectivity index (χ2v) is 4.48. The Kier molecular flexibility index (Phi) is 1.50. The van der Waals surface area contributed by atoms with Gasteiger partial charge in [0.05, 0.1) is 0 Å². The second-order valence-electron chi connectivity index (χ2n) is 4.48. The van der Waals surface area contributed by atoms with Crippen molar-refractivity contribution in [1.82, 2.24) is 9.91 Å². The fourth-order valence-corrected chi connectivity index (χ4v) is 2.68. The van der Waals surface area contributed by atoms with Gasteiger partial charge in [-0.1, -0.05) is 6.92 Å². The highest BCUT2D eigenvalue weighted by molar-refractivity contribution is 4.99. The molecule has 2 N–H and O–H groups in total. The fourth-order valence-electron chi connectivity index (χ4n) is 2.68. The summed E-state index contributed by atoms with van der Waals surface area (Å²) in [5, 5.41) is 1.97. The van der Waals surface area contributed by atoms with Gasteiger partial charge in [-0.15, -0.1) is 0 Å². The van der Waals surface area contributed by atoms with Crippen LogP contribution in [-0.4, -0.2) is 43.1 Å². The SMILES string of the molecule is CN1C[C@H]2CN(N)C[C@@]2(C)C1. The molecular formula is C8H17N3. The lowest BCUT2D eigenvalue weighted by molar-refractivity contribution is 0.248. The van der Waals surface area contributed by atoms with Crippen molar-refractivity contribution in [3.63, 3.8) is 0 Å². The van der Waals surface area contributed by atoms with Crippen LogP contribution in [0.4, 0.5) is 0 Å². The molecule has 64 valence electrons. The predicted molar refractivity (Wildman–Crippen MR) is 44.9 cm³/mol. The average Bonchev–Trinajstić information content (AvgIpc) is 2.16. The normalized spacial score (nSPS) is 46.6. The van der Waals surface area contributed by atoms with Crippen LogP contribution in [0.5, 0.6) is 0 Å². The van der Waals surface area contributed by atoms with Crippen molar-refractivity contribution >= 4 is 0 Å². The van der Waals surface area contributed by atoms with Gasteiger partial charge in [0.25, 0.3) is 0 Å². The molecule has 0 aromatic rings. The molecule has 0 aromatic heterocycles. The Morgan fingerprint density at radius 3 is 2.73 bits per heavy atom. The van der Waals surface area contributed by atoms with E-state index in [1.165, 1.54) is 13.1 Å². The number of nitrogens with zero attached hydrogens (tertiary/aromatic N) is 2. The highest BCUT2D eigenvalue weighted by Crippen LogP contribution is 2.39. The predicted octanol–water partition coefficient (Wildman–Crippen LogP) is -0.256. The van der Waals surface area contributed by atoms with E-state index in [1.807, 2.05) is 5.01 Å². The standard InChI is InChI=1S/C8H17N3/c1-8-5-10(2)3-7(8)4-11(9)6-8/h7H,3-6,9H2,1-2H3/t7-,8+/m0/s1. The summed E-state index contributed by atoms with van der Waals surface area (Å²) < 4.78 is 0. The Bertz CT molecular complexity index is 155. The number of hydrogen-bond donors (Lipinski definition) is 1. The van der Waals surface area contributed by atoms with Gasteiger partial charge < -0.3 is 4.90 Å². The third-order valence-electron chi connectivity index (χ3n) is 3.17. The van der Waals surface area contributed by atoms with Gasteiger partial charge in [0.1, 0.15) is 0 Å². The molecule has 0 aliphatic carbocycles. The van der Waals surface area contributed by atoms with Crippen LogP contribution in [0.25, 0.3) is 0 Å².